The summed E-state index contributed by atoms with van der Waals surface area (Å²) in [6.45, 7) is 5.92. The van der Waals surface area contributed by atoms with Crippen LogP contribution >= 0.6 is 0 Å². The van der Waals surface area contributed by atoms with E-state index in [1.54, 1.807) is 4.57 Å². The van der Waals surface area contributed by atoms with Crippen LogP contribution in [0.25, 0.3) is 0 Å². The number of hydrogen-bond acceptors (Lipinski definition) is 4. The maximum absolute atomic E-state index is 12.9. The van der Waals surface area contributed by atoms with Gasteiger partial charge >= 0.3 is 0 Å². The fourth-order valence-corrected chi connectivity index (χ4v) is 3.46. The zero-order valence-electron chi connectivity index (χ0n) is 15.8. The van der Waals surface area contributed by atoms with Crippen molar-refractivity contribution in [3.05, 3.63) is 87.8 Å². The molecule has 1 aliphatic heterocycles. The van der Waals surface area contributed by atoms with Crippen molar-refractivity contribution in [1.29, 1.82) is 0 Å². The Balaban J connectivity index is 1.68. The SMILES string of the molecule is Cc1nc2n(c(=O)c1C)CN(CCc1ccccc1)CN2c1ccccc1. The van der Waals surface area contributed by atoms with E-state index in [9.17, 15) is 4.79 Å². The van der Waals surface area contributed by atoms with E-state index in [-0.39, 0.29) is 5.56 Å². The Labute approximate surface area is 159 Å². The maximum atomic E-state index is 12.9. The third kappa shape index (κ3) is 3.51. The molecule has 5 heteroatoms. The highest BCUT2D eigenvalue weighted by atomic mass is 16.1. The quantitative estimate of drug-likeness (QED) is 0.714. The summed E-state index contributed by atoms with van der Waals surface area (Å²) in [6, 6.07) is 20.6. The summed E-state index contributed by atoms with van der Waals surface area (Å²) in [7, 11) is 0. The average molecular weight is 360 g/mol. The Hall–Kier alpha value is -2.92. The minimum Gasteiger partial charge on any atom is -0.298 e. The third-order valence-electron chi connectivity index (χ3n) is 5.17. The van der Waals surface area contributed by atoms with Crippen LogP contribution in [-0.2, 0) is 13.1 Å². The van der Waals surface area contributed by atoms with Gasteiger partial charge in [-0.15, -0.1) is 0 Å². The van der Waals surface area contributed by atoms with Crippen LogP contribution in [0.4, 0.5) is 11.6 Å². The Morgan fingerprint density at radius 3 is 2.30 bits per heavy atom. The van der Waals surface area contributed by atoms with Gasteiger partial charge in [-0.2, -0.15) is 0 Å². The van der Waals surface area contributed by atoms with Crippen molar-refractivity contribution in [3.8, 4) is 0 Å². The lowest BCUT2D eigenvalue weighted by Crippen LogP contribution is -2.48. The molecule has 138 valence electrons. The molecule has 0 saturated carbocycles. The van der Waals surface area contributed by atoms with Gasteiger partial charge < -0.3 is 0 Å². The van der Waals surface area contributed by atoms with Gasteiger partial charge in [0.25, 0.3) is 5.56 Å². The van der Waals surface area contributed by atoms with Gasteiger partial charge in [0.05, 0.1) is 13.3 Å². The molecule has 0 radical (unpaired) electrons. The molecule has 0 aliphatic carbocycles. The van der Waals surface area contributed by atoms with E-state index in [1.165, 1.54) is 5.56 Å². The van der Waals surface area contributed by atoms with Crippen molar-refractivity contribution in [2.75, 3.05) is 18.1 Å². The normalized spacial score (nSPS) is 14.2. The van der Waals surface area contributed by atoms with Gasteiger partial charge in [0.2, 0.25) is 5.95 Å². The fourth-order valence-electron chi connectivity index (χ4n) is 3.46. The van der Waals surface area contributed by atoms with Crippen molar-refractivity contribution < 1.29 is 0 Å². The van der Waals surface area contributed by atoms with Gasteiger partial charge in [0.1, 0.15) is 0 Å². The first-order chi connectivity index (χ1) is 13.1. The second-order valence-corrected chi connectivity index (χ2v) is 7.03. The van der Waals surface area contributed by atoms with Crippen LogP contribution < -0.4 is 10.5 Å². The minimum absolute atomic E-state index is 0.0443. The Morgan fingerprint density at radius 1 is 0.926 bits per heavy atom. The number of benzene rings is 2. The summed E-state index contributed by atoms with van der Waals surface area (Å²) < 4.78 is 1.80. The third-order valence-corrected chi connectivity index (χ3v) is 5.17. The molecule has 0 bridgehead atoms. The Kier molecular flexibility index (Phi) is 4.77. The predicted octanol–water partition coefficient (Wildman–Crippen LogP) is 3.47. The molecule has 2 aromatic carbocycles. The molecule has 1 aliphatic rings. The Bertz CT molecular complexity index is 982. The van der Waals surface area contributed by atoms with Crippen molar-refractivity contribution in [3.63, 3.8) is 0 Å². The van der Waals surface area contributed by atoms with Crippen molar-refractivity contribution in [2.45, 2.75) is 26.9 Å². The van der Waals surface area contributed by atoms with Gasteiger partial charge in [-0.05, 0) is 38.0 Å². The summed E-state index contributed by atoms with van der Waals surface area (Å²) in [4.78, 5) is 22.1. The van der Waals surface area contributed by atoms with E-state index in [1.807, 2.05) is 38.1 Å². The zero-order valence-corrected chi connectivity index (χ0v) is 15.8. The van der Waals surface area contributed by atoms with Gasteiger partial charge in [0, 0.05) is 23.5 Å². The van der Waals surface area contributed by atoms with Crippen LogP contribution in [0.1, 0.15) is 16.8 Å². The van der Waals surface area contributed by atoms with E-state index in [4.69, 9.17) is 4.98 Å². The molecule has 0 spiro atoms. The summed E-state index contributed by atoms with van der Waals surface area (Å²) in [5.41, 5.74) is 3.91. The molecule has 0 unspecified atom stereocenters. The monoisotopic (exact) mass is 360 g/mol. The molecule has 1 aromatic heterocycles. The van der Waals surface area contributed by atoms with Crippen molar-refractivity contribution >= 4 is 11.6 Å². The van der Waals surface area contributed by atoms with Gasteiger partial charge in [-0.25, -0.2) is 4.98 Å². The summed E-state index contributed by atoms with van der Waals surface area (Å²) in [5.74, 6) is 0.727. The molecule has 2 heterocycles. The topological polar surface area (TPSA) is 41.4 Å². The van der Waals surface area contributed by atoms with Crippen molar-refractivity contribution in [1.82, 2.24) is 14.5 Å². The molecular formula is C22H24N4O. The molecule has 0 atom stereocenters. The number of anilines is 2. The van der Waals surface area contributed by atoms with Crippen LogP contribution in [0.3, 0.4) is 0 Å². The first-order valence-corrected chi connectivity index (χ1v) is 9.30. The van der Waals surface area contributed by atoms with E-state index in [0.717, 1.165) is 35.9 Å². The summed E-state index contributed by atoms with van der Waals surface area (Å²) >= 11 is 0. The molecule has 0 N–H and O–H groups in total. The molecule has 27 heavy (non-hydrogen) atoms. The number of fused-ring (bicyclic) bond motifs is 1. The fraction of sp³-hybridized carbons (Fsp3) is 0.273. The number of para-hydroxylation sites is 1. The number of rotatable bonds is 4. The number of aryl methyl sites for hydroxylation is 1. The van der Waals surface area contributed by atoms with Crippen molar-refractivity contribution in [2.24, 2.45) is 0 Å². The maximum Gasteiger partial charge on any atom is 0.259 e. The zero-order chi connectivity index (χ0) is 18.8. The smallest absolute Gasteiger partial charge is 0.259 e. The Morgan fingerprint density at radius 2 is 1.59 bits per heavy atom. The molecular weight excluding hydrogens is 336 g/mol. The molecule has 3 aromatic rings. The molecule has 0 fully saturated rings. The summed E-state index contributed by atoms with van der Waals surface area (Å²) in [6.07, 6.45) is 0.950. The highest BCUT2D eigenvalue weighted by Crippen LogP contribution is 2.27. The van der Waals surface area contributed by atoms with Gasteiger partial charge in [0.15, 0.2) is 0 Å². The lowest BCUT2D eigenvalue weighted by Gasteiger charge is -2.38. The lowest BCUT2D eigenvalue weighted by atomic mass is 10.1. The first kappa shape index (κ1) is 17.5. The van der Waals surface area contributed by atoms with Crippen LogP contribution in [0.15, 0.2) is 65.5 Å². The second kappa shape index (κ2) is 7.37. The minimum atomic E-state index is 0.0443. The standard InChI is InChI=1S/C22H24N4O/c1-17-18(2)23-22-25(20-11-7-4-8-12-20)15-24(16-26(22)21(17)27)14-13-19-9-5-3-6-10-19/h3-12H,13-16H2,1-2H3. The van der Waals surface area contributed by atoms with Gasteiger partial charge in [-0.1, -0.05) is 48.5 Å². The van der Waals surface area contributed by atoms with E-state index >= 15 is 0 Å². The number of hydrogen-bond donors (Lipinski definition) is 0. The first-order valence-electron chi connectivity index (χ1n) is 9.30. The van der Waals surface area contributed by atoms with Crippen LogP contribution in [-0.4, -0.2) is 27.7 Å². The van der Waals surface area contributed by atoms with Crippen LogP contribution in [0.5, 0.6) is 0 Å². The largest absolute Gasteiger partial charge is 0.298 e. The van der Waals surface area contributed by atoms with Crippen LogP contribution in [0, 0.1) is 13.8 Å². The molecule has 4 rings (SSSR count). The molecule has 5 nitrogen and oxygen atoms in total. The average Bonchev–Trinajstić information content (AvgIpc) is 2.72. The van der Waals surface area contributed by atoms with Crippen LogP contribution in [0.2, 0.25) is 0 Å². The second-order valence-electron chi connectivity index (χ2n) is 7.03. The molecule has 0 saturated heterocycles. The van der Waals surface area contributed by atoms with E-state index in [0.29, 0.717) is 13.3 Å². The van der Waals surface area contributed by atoms with E-state index < -0.39 is 0 Å². The number of aromatic nitrogens is 2. The lowest BCUT2D eigenvalue weighted by molar-refractivity contribution is 0.200. The highest BCUT2D eigenvalue weighted by Gasteiger charge is 2.26. The van der Waals surface area contributed by atoms with E-state index in [2.05, 4.69) is 46.2 Å². The number of nitrogens with zero attached hydrogens (tertiary/aromatic N) is 4. The highest BCUT2D eigenvalue weighted by molar-refractivity contribution is 5.58. The predicted molar refractivity (Wildman–Crippen MR) is 108 cm³/mol. The summed E-state index contributed by atoms with van der Waals surface area (Å²) in [5, 5.41) is 0. The van der Waals surface area contributed by atoms with Gasteiger partial charge in [-0.3, -0.25) is 19.2 Å². The molecule has 0 amide bonds.